The van der Waals surface area contributed by atoms with Crippen LogP contribution in [0.4, 0.5) is 0 Å². The summed E-state index contributed by atoms with van der Waals surface area (Å²) in [6.45, 7) is 3.48. The maximum atomic E-state index is 5.56. The van der Waals surface area contributed by atoms with Crippen LogP contribution in [0.5, 0.6) is 0 Å². The number of hydrogen-bond donors (Lipinski definition) is 1. The summed E-state index contributed by atoms with van der Waals surface area (Å²) < 4.78 is 2.11. The Bertz CT molecular complexity index is 446. The van der Waals surface area contributed by atoms with Crippen molar-refractivity contribution < 1.29 is 0 Å². The summed E-state index contributed by atoms with van der Waals surface area (Å²) in [5.74, 6) is 0. The summed E-state index contributed by atoms with van der Waals surface area (Å²) in [5.41, 5.74) is 9.04. The van der Waals surface area contributed by atoms with Crippen LogP contribution in [0.1, 0.15) is 16.8 Å². The number of hydrogen-bond acceptors (Lipinski definition) is 2. The number of aryl methyl sites for hydroxylation is 1. The van der Waals surface area contributed by atoms with E-state index in [0.29, 0.717) is 6.54 Å². The molecule has 2 heterocycles. The summed E-state index contributed by atoms with van der Waals surface area (Å²) in [7, 11) is 0. The van der Waals surface area contributed by atoms with Gasteiger partial charge in [-0.1, -0.05) is 6.07 Å². The van der Waals surface area contributed by atoms with E-state index in [1.165, 1.54) is 5.56 Å². The second-order valence-corrected chi connectivity index (χ2v) is 3.66. The Kier molecular flexibility index (Phi) is 2.83. The maximum Gasteiger partial charge on any atom is 0.0645 e. The molecule has 0 spiro atoms. The van der Waals surface area contributed by atoms with Crippen LogP contribution in [0.15, 0.2) is 36.8 Å². The predicted octanol–water partition coefficient (Wildman–Crippen LogP) is 1.70. The van der Waals surface area contributed by atoms with Gasteiger partial charge < -0.3 is 10.3 Å². The molecular formula is C12H15N3. The molecule has 78 valence electrons. The topological polar surface area (TPSA) is 43.8 Å². The Morgan fingerprint density at radius 2 is 2.27 bits per heavy atom. The molecule has 0 fully saturated rings. The summed E-state index contributed by atoms with van der Waals surface area (Å²) in [6, 6.07) is 6.08. The lowest BCUT2D eigenvalue weighted by atomic mass is 10.2. The smallest absolute Gasteiger partial charge is 0.0645 e. The van der Waals surface area contributed by atoms with Crippen molar-refractivity contribution in [1.82, 2.24) is 9.55 Å². The quantitative estimate of drug-likeness (QED) is 0.821. The van der Waals surface area contributed by atoms with Gasteiger partial charge in [-0.2, -0.15) is 0 Å². The highest BCUT2D eigenvalue weighted by atomic mass is 15.0. The standard InChI is InChI=1S/C12H15N3/c1-10-3-2-5-14-12(10)9-15-6-4-11(7-13)8-15/h2-6,8H,7,9,13H2,1H3. The van der Waals surface area contributed by atoms with Crippen LogP contribution in [0.2, 0.25) is 0 Å². The van der Waals surface area contributed by atoms with Gasteiger partial charge in [-0.3, -0.25) is 4.98 Å². The molecule has 0 aromatic carbocycles. The fourth-order valence-corrected chi connectivity index (χ4v) is 1.57. The lowest BCUT2D eigenvalue weighted by Gasteiger charge is -2.05. The van der Waals surface area contributed by atoms with E-state index in [1.807, 2.05) is 24.5 Å². The molecule has 0 saturated carbocycles. The zero-order valence-corrected chi connectivity index (χ0v) is 8.85. The first-order chi connectivity index (χ1) is 7.29. The molecule has 2 rings (SSSR count). The summed E-state index contributed by atoms with van der Waals surface area (Å²) in [6.07, 6.45) is 5.93. The molecule has 0 unspecified atom stereocenters. The van der Waals surface area contributed by atoms with Crippen molar-refractivity contribution in [3.63, 3.8) is 0 Å². The van der Waals surface area contributed by atoms with Gasteiger partial charge in [0.05, 0.1) is 12.2 Å². The maximum absolute atomic E-state index is 5.56. The van der Waals surface area contributed by atoms with Gasteiger partial charge in [-0.15, -0.1) is 0 Å². The highest BCUT2D eigenvalue weighted by molar-refractivity contribution is 5.19. The molecular weight excluding hydrogens is 186 g/mol. The van der Waals surface area contributed by atoms with Gasteiger partial charge in [0.2, 0.25) is 0 Å². The molecule has 0 bridgehead atoms. The van der Waals surface area contributed by atoms with E-state index in [2.05, 4.69) is 28.7 Å². The molecule has 0 radical (unpaired) electrons. The molecule has 3 nitrogen and oxygen atoms in total. The molecule has 0 aliphatic rings. The van der Waals surface area contributed by atoms with E-state index in [1.54, 1.807) is 0 Å². The highest BCUT2D eigenvalue weighted by Crippen LogP contribution is 2.07. The summed E-state index contributed by atoms with van der Waals surface area (Å²) in [5, 5.41) is 0. The number of nitrogens with zero attached hydrogens (tertiary/aromatic N) is 2. The molecule has 2 N–H and O–H groups in total. The van der Waals surface area contributed by atoms with Crippen LogP contribution in [0, 0.1) is 6.92 Å². The first-order valence-electron chi connectivity index (χ1n) is 5.05. The number of pyridine rings is 1. The summed E-state index contributed by atoms with van der Waals surface area (Å²) >= 11 is 0. The lowest BCUT2D eigenvalue weighted by molar-refractivity contribution is 0.770. The first kappa shape index (κ1) is 9.93. The Morgan fingerprint density at radius 3 is 2.93 bits per heavy atom. The molecule has 0 amide bonds. The molecule has 3 heteroatoms. The zero-order valence-electron chi connectivity index (χ0n) is 8.85. The van der Waals surface area contributed by atoms with E-state index in [0.717, 1.165) is 17.8 Å². The van der Waals surface area contributed by atoms with Gasteiger partial charge in [0.25, 0.3) is 0 Å². The number of rotatable bonds is 3. The molecule has 0 atom stereocenters. The van der Waals surface area contributed by atoms with Gasteiger partial charge in [0, 0.05) is 25.1 Å². The Morgan fingerprint density at radius 1 is 1.40 bits per heavy atom. The van der Waals surface area contributed by atoms with E-state index in [4.69, 9.17) is 5.73 Å². The Labute approximate surface area is 89.6 Å². The van der Waals surface area contributed by atoms with Gasteiger partial charge >= 0.3 is 0 Å². The average Bonchev–Trinajstić information content (AvgIpc) is 2.69. The fraction of sp³-hybridized carbons (Fsp3) is 0.250. The third-order valence-corrected chi connectivity index (χ3v) is 2.50. The van der Waals surface area contributed by atoms with Crippen molar-refractivity contribution in [2.75, 3.05) is 0 Å². The monoisotopic (exact) mass is 201 g/mol. The Hall–Kier alpha value is -1.61. The molecule has 2 aromatic rings. The second-order valence-electron chi connectivity index (χ2n) is 3.66. The molecule has 15 heavy (non-hydrogen) atoms. The normalized spacial score (nSPS) is 10.5. The van der Waals surface area contributed by atoms with Crippen LogP contribution in [-0.4, -0.2) is 9.55 Å². The van der Waals surface area contributed by atoms with E-state index < -0.39 is 0 Å². The highest BCUT2D eigenvalue weighted by Gasteiger charge is 2.00. The minimum atomic E-state index is 0.591. The SMILES string of the molecule is Cc1cccnc1Cn1ccc(CN)c1. The number of nitrogens with two attached hydrogens (primary N) is 1. The molecule has 0 aliphatic carbocycles. The van der Waals surface area contributed by atoms with Crippen molar-refractivity contribution >= 4 is 0 Å². The van der Waals surface area contributed by atoms with Crippen molar-refractivity contribution in [3.8, 4) is 0 Å². The van der Waals surface area contributed by atoms with Crippen molar-refractivity contribution in [2.45, 2.75) is 20.0 Å². The third kappa shape index (κ3) is 2.25. The van der Waals surface area contributed by atoms with Crippen LogP contribution >= 0.6 is 0 Å². The van der Waals surface area contributed by atoms with Gasteiger partial charge in [-0.25, -0.2) is 0 Å². The second kappa shape index (κ2) is 4.28. The van der Waals surface area contributed by atoms with E-state index in [-0.39, 0.29) is 0 Å². The Balaban J connectivity index is 2.18. The minimum Gasteiger partial charge on any atom is -0.348 e. The van der Waals surface area contributed by atoms with Crippen molar-refractivity contribution in [1.29, 1.82) is 0 Å². The van der Waals surface area contributed by atoms with Crippen LogP contribution in [0.25, 0.3) is 0 Å². The third-order valence-electron chi connectivity index (χ3n) is 2.50. The first-order valence-corrected chi connectivity index (χ1v) is 5.05. The van der Waals surface area contributed by atoms with Gasteiger partial charge in [-0.05, 0) is 30.2 Å². The largest absolute Gasteiger partial charge is 0.348 e. The van der Waals surface area contributed by atoms with Gasteiger partial charge in [0.1, 0.15) is 0 Å². The fourth-order valence-electron chi connectivity index (χ4n) is 1.57. The predicted molar refractivity (Wildman–Crippen MR) is 60.4 cm³/mol. The molecule has 0 saturated heterocycles. The number of aromatic nitrogens is 2. The molecule has 0 aliphatic heterocycles. The van der Waals surface area contributed by atoms with Crippen LogP contribution < -0.4 is 5.73 Å². The van der Waals surface area contributed by atoms with E-state index >= 15 is 0 Å². The lowest BCUT2D eigenvalue weighted by Crippen LogP contribution is -2.01. The van der Waals surface area contributed by atoms with Crippen LogP contribution in [0.3, 0.4) is 0 Å². The minimum absolute atomic E-state index is 0.591. The summed E-state index contributed by atoms with van der Waals surface area (Å²) in [4.78, 5) is 4.36. The zero-order chi connectivity index (χ0) is 10.7. The van der Waals surface area contributed by atoms with Gasteiger partial charge in [0.15, 0.2) is 0 Å². The van der Waals surface area contributed by atoms with E-state index in [9.17, 15) is 0 Å². The van der Waals surface area contributed by atoms with Crippen LogP contribution in [-0.2, 0) is 13.1 Å². The van der Waals surface area contributed by atoms with Crippen molar-refractivity contribution in [3.05, 3.63) is 53.6 Å². The average molecular weight is 201 g/mol. The molecule has 2 aromatic heterocycles. The van der Waals surface area contributed by atoms with Crippen molar-refractivity contribution in [2.24, 2.45) is 5.73 Å².